The summed E-state index contributed by atoms with van der Waals surface area (Å²) in [6.45, 7) is 1.84. The van der Waals surface area contributed by atoms with E-state index in [4.69, 9.17) is 5.73 Å². The lowest BCUT2D eigenvalue weighted by molar-refractivity contribution is -0.274. The molecule has 0 saturated carbocycles. The van der Waals surface area contributed by atoms with E-state index in [1.807, 2.05) is 26.2 Å². The molecule has 0 aliphatic rings. The zero-order chi connectivity index (χ0) is 25.9. The number of anilines is 2. The molecular formula is C26H20F3N5O2. The third-order valence-corrected chi connectivity index (χ3v) is 5.11. The molecular weight excluding hydrogens is 471 g/mol. The molecule has 2 heterocycles. The lowest BCUT2D eigenvalue weighted by Gasteiger charge is -2.11. The highest BCUT2D eigenvalue weighted by molar-refractivity contribution is 6.04. The number of pyridine rings is 1. The number of benzene rings is 2. The van der Waals surface area contributed by atoms with E-state index < -0.39 is 18.0 Å². The summed E-state index contributed by atoms with van der Waals surface area (Å²) in [4.78, 5) is 17.0. The molecule has 0 bridgehead atoms. The zero-order valence-corrected chi connectivity index (χ0v) is 19.2. The molecule has 7 nitrogen and oxygen atoms in total. The van der Waals surface area contributed by atoms with Gasteiger partial charge in [0.1, 0.15) is 11.6 Å². The molecule has 4 aromatic rings. The Bertz CT molecular complexity index is 1500. The lowest BCUT2D eigenvalue weighted by Crippen LogP contribution is -2.17. The first kappa shape index (κ1) is 24.3. The van der Waals surface area contributed by atoms with Crippen molar-refractivity contribution in [2.45, 2.75) is 13.3 Å². The van der Waals surface area contributed by atoms with E-state index in [0.717, 1.165) is 28.8 Å². The van der Waals surface area contributed by atoms with Gasteiger partial charge >= 0.3 is 6.36 Å². The van der Waals surface area contributed by atoms with Gasteiger partial charge in [-0.15, -0.1) is 13.2 Å². The normalized spacial score (nSPS) is 10.9. The minimum atomic E-state index is -4.83. The van der Waals surface area contributed by atoms with Crippen molar-refractivity contribution in [1.29, 1.82) is 0 Å². The smallest absolute Gasteiger partial charge is 0.406 e. The summed E-state index contributed by atoms with van der Waals surface area (Å²) in [7, 11) is 1.81. The van der Waals surface area contributed by atoms with Gasteiger partial charge in [0.15, 0.2) is 0 Å². The molecule has 182 valence electrons. The van der Waals surface area contributed by atoms with E-state index in [1.54, 1.807) is 35.3 Å². The van der Waals surface area contributed by atoms with Gasteiger partial charge in [0, 0.05) is 53.4 Å². The van der Waals surface area contributed by atoms with Gasteiger partial charge in [-0.3, -0.25) is 9.48 Å². The van der Waals surface area contributed by atoms with Crippen molar-refractivity contribution < 1.29 is 22.7 Å². The second-order valence-corrected chi connectivity index (χ2v) is 7.87. The highest BCUT2D eigenvalue weighted by Crippen LogP contribution is 2.25. The Kier molecular flexibility index (Phi) is 6.65. The SMILES string of the molecule is Cc1ccc(C(=O)Nc2cccc(OC(F)(F)F)c2)cc1C#Cc1cc(-c2cnn(C)c2)cnc1N. The molecule has 2 aromatic carbocycles. The van der Waals surface area contributed by atoms with E-state index in [9.17, 15) is 18.0 Å². The predicted molar refractivity (Wildman–Crippen MR) is 129 cm³/mol. The molecule has 0 unspecified atom stereocenters. The molecule has 0 atom stereocenters. The monoisotopic (exact) mass is 491 g/mol. The van der Waals surface area contributed by atoms with Crippen LogP contribution in [0.4, 0.5) is 24.7 Å². The second kappa shape index (κ2) is 9.84. The van der Waals surface area contributed by atoms with Gasteiger partial charge in [0.05, 0.1) is 11.8 Å². The molecule has 0 aliphatic carbocycles. The number of hydrogen-bond donors (Lipinski definition) is 2. The van der Waals surface area contributed by atoms with Gasteiger partial charge in [-0.1, -0.05) is 24.0 Å². The van der Waals surface area contributed by atoms with E-state index in [2.05, 4.69) is 32.0 Å². The van der Waals surface area contributed by atoms with Crippen LogP contribution in [-0.2, 0) is 7.05 Å². The Labute approximate surface area is 204 Å². The van der Waals surface area contributed by atoms with Gasteiger partial charge < -0.3 is 15.8 Å². The number of nitrogens with two attached hydrogens (primary N) is 1. The Morgan fingerprint density at radius 3 is 2.56 bits per heavy atom. The highest BCUT2D eigenvalue weighted by Gasteiger charge is 2.31. The Morgan fingerprint density at radius 1 is 1.06 bits per heavy atom. The number of carbonyl (C=O) groups excluding carboxylic acids is 1. The van der Waals surface area contributed by atoms with Crippen molar-refractivity contribution in [2.24, 2.45) is 7.05 Å². The number of rotatable bonds is 4. The quantitative estimate of drug-likeness (QED) is 0.395. The maximum absolute atomic E-state index is 12.7. The van der Waals surface area contributed by atoms with Crippen molar-refractivity contribution in [3.8, 4) is 28.7 Å². The standard InChI is InChI=1S/C26H20F3N5O2/c1-16-6-7-19(25(35)33-22-4-3-5-23(12-22)36-26(27,28)29)10-17(16)8-9-18-11-20(13-31-24(18)30)21-14-32-34(2)15-21/h3-7,10-15H,1-2H3,(H2,30,31)(H,33,35). The first-order valence-electron chi connectivity index (χ1n) is 10.6. The van der Waals surface area contributed by atoms with Crippen molar-refractivity contribution in [3.05, 3.63) is 89.4 Å². The number of nitrogen functional groups attached to an aromatic ring is 1. The number of hydrogen-bond acceptors (Lipinski definition) is 5. The fourth-order valence-electron chi connectivity index (χ4n) is 3.31. The fourth-order valence-corrected chi connectivity index (χ4v) is 3.31. The topological polar surface area (TPSA) is 95.1 Å². The fraction of sp³-hybridized carbons (Fsp3) is 0.115. The molecule has 3 N–H and O–H groups in total. The van der Waals surface area contributed by atoms with Crippen LogP contribution in [0.1, 0.15) is 27.0 Å². The minimum absolute atomic E-state index is 0.154. The van der Waals surface area contributed by atoms with Crippen LogP contribution in [-0.4, -0.2) is 27.0 Å². The highest BCUT2D eigenvalue weighted by atomic mass is 19.4. The summed E-state index contributed by atoms with van der Waals surface area (Å²) in [6.07, 6.45) is 0.370. The first-order valence-corrected chi connectivity index (χ1v) is 10.6. The van der Waals surface area contributed by atoms with E-state index >= 15 is 0 Å². The molecule has 0 fully saturated rings. The van der Waals surface area contributed by atoms with E-state index in [1.165, 1.54) is 12.1 Å². The Balaban J connectivity index is 1.56. The van der Waals surface area contributed by atoms with Crippen LogP contribution in [0.5, 0.6) is 5.75 Å². The minimum Gasteiger partial charge on any atom is -0.406 e. The van der Waals surface area contributed by atoms with Crippen LogP contribution in [0.3, 0.4) is 0 Å². The van der Waals surface area contributed by atoms with Gasteiger partial charge in [0.2, 0.25) is 0 Å². The number of carbonyl (C=O) groups is 1. The molecule has 1 amide bonds. The van der Waals surface area contributed by atoms with Gasteiger partial charge in [0.25, 0.3) is 5.91 Å². The van der Waals surface area contributed by atoms with Gasteiger partial charge in [-0.2, -0.15) is 5.10 Å². The summed E-state index contributed by atoms with van der Waals surface area (Å²) in [6, 6.07) is 11.8. The third kappa shape index (κ3) is 6.01. The first-order chi connectivity index (χ1) is 17.1. The van der Waals surface area contributed by atoms with Crippen LogP contribution in [0.15, 0.2) is 67.1 Å². The van der Waals surface area contributed by atoms with Crippen molar-refractivity contribution in [2.75, 3.05) is 11.1 Å². The van der Waals surface area contributed by atoms with Gasteiger partial charge in [-0.05, 0) is 42.8 Å². The number of amides is 1. The molecule has 2 aromatic heterocycles. The number of nitrogens with one attached hydrogen (secondary N) is 1. The van der Waals surface area contributed by atoms with Crippen molar-refractivity contribution in [3.63, 3.8) is 0 Å². The lowest BCUT2D eigenvalue weighted by atomic mass is 10.0. The average molecular weight is 491 g/mol. The van der Waals surface area contributed by atoms with E-state index in [-0.39, 0.29) is 17.1 Å². The van der Waals surface area contributed by atoms with Crippen LogP contribution < -0.4 is 15.8 Å². The molecule has 0 aliphatic heterocycles. The molecule has 36 heavy (non-hydrogen) atoms. The van der Waals surface area contributed by atoms with E-state index in [0.29, 0.717) is 11.1 Å². The number of aryl methyl sites for hydroxylation is 2. The number of nitrogens with zero attached hydrogens (tertiary/aromatic N) is 3. The summed E-state index contributed by atoms with van der Waals surface area (Å²) in [5, 5.41) is 6.72. The largest absolute Gasteiger partial charge is 0.573 e. The maximum Gasteiger partial charge on any atom is 0.573 e. The van der Waals surface area contributed by atoms with Crippen molar-refractivity contribution in [1.82, 2.24) is 14.8 Å². The van der Waals surface area contributed by atoms with Crippen LogP contribution >= 0.6 is 0 Å². The van der Waals surface area contributed by atoms with Crippen LogP contribution in [0.25, 0.3) is 11.1 Å². The van der Waals surface area contributed by atoms with Crippen LogP contribution in [0.2, 0.25) is 0 Å². The molecule has 0 radical (unpaired) electrons. The molecule has 0 spiro atoms. The number of alkyl halides is 3. The number of aromatic nitrogens is 3. The molecule has 4 rings (SSSR count). The third-order valence-electron chi connectivity index (χ3n) is 5.11. The summed E-state index contributed by atoms with van der Waals surface area (Å²) < 4.78 is 43.0. The Morgan fingerprint density at radius 2 is 1.83 bits per heavy atom. The summed E-state index contributed by atoms with van der Waals surface area (Å²) in [5.41, 5.74) is 10.1. The molecule has 10 heteroatoms. The average Bonchev–Trinajstić information content (AvgIpc) is 3.24. The second-order valence-electron chi connectivity index (χ2n) is 7.87. The van der Waals surface area contributed by atoms with Gasteiger partial charge in [-0.25, -0.2) is 4.98 Å². The number of ether oxygens (including phenoxy) is 1. The molecule has 0 saturated heterocycles. The number of halogens is 3. The van der Waals surface area contributed by atoms with Crippen LogP contribution in [0, 0.1) is 18.8 Å². The maximum atomic E-state index is 12.7. The Hall–Kier alpha value is -4.78. The zero-order valence-electron chi connectivity index (χ0n) is 19.2. The van der Waals surface area contributed by atoms with Crippen molar-refractivity contribution >= 4 is 17.4 Å². The predicted octanol–water partition coefficient (Wildman–Crippen LogP) is 4.92. The summed E-state index contributed by atoms with van der Waals surface area (Å²) >= 11 is 0. The summed E-state index contributed by atoms with van der Waals surface area (Å²) in [5.74, 6) is 5.36.